The van der Waals surface area contributed by atoms with Gasteiger partial charge >= 0.3 is 6.09 Å². The second-order valence-corrected chi connectivity index (χ2v) is 42.8. The van der Waals surface area contributed by atoms with Crippen LogP contribution in [0.3, 0.4) is 0 Å². The molecule has 6 amide bonds. The first kappa shape index (κ1) is 104. The fourth-order valence-corrected chi connectivity index (χ4v) is 17.5. The predicted molar refractivity (Wildman–Crippen MR) is 545 cm³/mol. The van der Waals surface area contributed by atoms with Crippen molar-refractivity contribution in [3.63, 3.8) is 0 Å². The van der Waals surface area contributed by atoms with Gasteiger partial charge in [0.15, 0.2) is 33.9 Å². The molecule has 0 radical (unpaired) electrons. The second kappa shape index (κ2) is 46.2. The molecular formula is C99H124Cl6FN25O8. The van der Waals surface area contributed by atoms with Crippen molar-refractivity contribution < 1.29 is 42.6 Å². The summed E-state index contributed by atoms with van der Waals surface area (Å²) in [6.07, 6.45) is 27.3. The van der Waals surface area contributed by atoms with Gasteiger partial charge in [0, 0.05) is 75.1 Å². The number of carbonyl (C=O) groups excluding carboxylic acids is 6. The van der Waals surface area contributed by atoms with Crippen LogP contribution in [0.25, 0.3) is 72.8 Å². The van der Waals surface area contributed by atoms with Crippen molar-refractivity contribution in [1.29, 1.82) is 0 Å². The predicted octanol–water partition coefficient (Wildman–Crippen LogP) is 25.0. The molecule has 1 atom stereocenters. The quantitative estimate of drug-likeness (QED) is 0.0289. The number of halogens is 7. The monoisotopic (exact) mass is 2020 g/mol. The molecule has 6 fully saturated rings. The molecule has 6 N–H and O–H groups in total. The highest BCUT2D eigenvalue weighted by Crippen LogP contribution is 2.44. The van der Waals surface area contributed by atoms with E-state index in [0.717, 1.165) is 166 Å². The summed E-state index contributed by atoms with van der Waals surface area (Å²) in [5.41, 5.74) is 8.41. The summed E-state index contributed by atoms with van der Waals surface area (Å²) in [7, 11) is 0. The molecule has 1 unspecified atom stereocenters. The number of aromatic nitrogens is 19. The van der Waals surface area contributed by atoms with Crippen LogP contribution in [0.4, 0.5) is 44.9 Å². The van der Waals surface area contributed by atoms with Crippen molar-refractivity contribution in [3.05, 3.63) is 128 Å². The number of amides is 6. The van der Waals surface area contributed by atoms with Gasteiger partial charge in [-0.05, 0) is 229 Å². The molecular weight excluding hydrogens is 1900 g/mol. The Balaban J connectivity index is 0.000000133. The van der Waals surface area contributed by atoms with Crippen molar-refractivity contribution in [3.8, 4) is 5.82 Å². The van der Waals surface area contributed by atoms with Crippen LogP contribution in [0, 0.1) is 33.9 Å². The number of rotatable bonds is 25. The summed E-state index contributed by atoms with van der Waals surface area (Å²) < 4.78 is 35.6. The largest absolute Gasteiger partial charge is 0.449 e. The van der Waals surface area contributed by atoms with E-state index in [1.807, 2.05) is 93.4 Å². The lowest BCUT2D eigenvalue weighted by Gasteiger charge is -2.28. The van der Waals surface area contributed by atoms with E-state index in [2.05, 4.69) is 140 Å². The fraction of sp³-hybridized carbons (Fsp3) is 0.525. The third-order valence-electron chi connectivity index (χ3n) is 25.0. The minimum absolute atomic E-state index is 0.00176. The SMILES string of the molecule is CC(C)(C)CC(=O)Nc1nc2ccc(Cl)nc2n1-c1ccc(F)cn1.CC(C)(C)CC(=O)Nc1nc2ccc(Cl)nc2n1C1CCC1.CC(C)(C)CCC(=O)Nc1nc2ccc(Cl)nc2n1C1CCC1.CC(C)COC(=O)Nc1nc2ccc(Cl)nc2n1C1CCC1.CCC(CC)CC(=O)Nc1nc2ccc(Cl)nc2n1C1CCC1.O=C(CCC1CCCO1)Nc1nc2cc(Cl)cnc2n1C1CCC1. The standard InChI is InChI=1S/C17H17ClFN5O.C17H21ClN4O2.2C17H23ClN4O.C16H21ClN4O.C15H19ClN4O2/c1-17(2,3)8-14(25)23-16-21-11-5-6-12(18)22-15(11)24(16)13-7-4-10(19)9-20-13;18-11-9-14-16(19-10-11)22(12-3-1-4-12)17(20-14)21-15(23)7-6-13-5-2-8-24-13;1-17(2,3)10-9-14(23)21-16-19-12-7-8-13(18)20-15(12)22(16)11-5-4-6-11;1-3-11(4-2)10-15(23)21-17-19-13-8-9-14(18)20-16(13)22(17)12-6-5-7-12;1-16(2,3)9-13(22)20-15-18-11-7-8-12(17)19-14(11)21(15)10-5-4-6-10;1-9(2)8-22-15(21)19-14-17-11-6-7-12(16)18-13(11)20(14)10-4-3-5-10/h4-7,9H,8H2,1-3H3,(H,21,23,25);9-10,12-13H,1-8H2,(H,20,21,23);7-8,11H,4-6,9-10H2,1-3H3,(H,19,21,23);8-9,11-12H,3-7,10H2,1-2H3,(H,19,21,23);7-8,10H,4-6,9H2,1-3H3,(H,18,20,22);6-7,9-10H,3-5,8H2,1-2H3,(H,17,19,21). The Hall–Kier alpha value is -10.9. The molecule has 1 saturated heterocycles. The van der Waals surface area contributed by atoms with E-state index < -0.39 is 11.9 Å². The van der Waals surface area contributed by atoms with Crippen LogP contribution in [0.2, 0.25) is 30.8 Å². The van der Waals surface area contributed by atoms with Crippen LogP contribution < -0.4 is 31.9 Å². The Morgan fingerprint density at radius 1 is 0.410 bits per heavy atom. The summed E-state index contributed by atoms with van der Waals surface area (Å²) in [6.45, 7) is 27.9. The van der Waals surface area contributed by atoms with Crippen LogP contribution in [0.15, 0.2) is 91.3 Å². The fourth-order valence-electron chi connectivity index (χ4n) is 16.6. The number of hydrogen-bond acceptors (Lipinski definition) is 21. The molecule has 13 aromatic heterocycles. The highest BCUT2D eigenvalue weighted by molar-refractivity contribution is 6.32. The van der Waals surface area contributed by atoms with Crippen LogP contribution in [0.5, 0.6) is 0 Å². The molecule has 19 rings (SSSR count). The molecule has 742 valence electrons. The Bertz CT molecular complexity index is 6520. The topological polar surface area (TPSA) is 390 Å². The zero-order valence-electron chi connectivity index (χ0n) is 81.0. The second-order valence-electron chi connectivity index (χ2n) is 40.4. The lowest BCUT2D eigenvalue weighted by atomic mass is 9.90. The molecule has 6 aliphatic rings. The maximum atomic E-state index is 13.2. The number of imidazole rings is 6. The number of fused-ring (bicyclic) bond motifs is 6. The van der Waals surface area contributed by atoms with E-state index in [4.69, 9.17) is 79.1 Å². The van der Waals surface area contributed by atoms with E-state index in [9.17, 15) is 33.2 Å². The maximum Gasteiger partial charge on any atom is 0.413 e. The molecule has 33 nitrogen and oxygen atoms in total. The molecule has 13 aromatic rings. The third-order valence-corrected chi connectivity index (χ3v) is 26.2. The summed E-state index contributed by atoms with van der Waals surface area (Å²) in [5, 5.41) is 20.0. The normalized spacial score (nSPS) is 15.7. The number of nitrogens with one attached hydrogen (secondary N) is 6. The Kier molecular flexibility index (Phi) is 34.6. The van der Waals surface area contributed by atoms with E-state index in [-0.39, 0.29) is 68.9 Å². The number of nitrogens with zero attached hydrogens (tertiary/aromatic N) is 19. The number of anilines is 6. The first-order valence-corrected chi connectivity index (χ1v) is 50.5. The van der Waals surface area contributed by atoms with Gasteiger partial charge in [-0.2, -0.15) is 0 Å². The molecule has 0 aromatic carbocycles. The molecule has 40 heteroatoms. The van der Waals surface area contributed by atoms with Crippen LogP contribution in [0.1, 0.15) is 287 Å². The lowest BCUT2D eigenvalue weighted by Crippen LogP contribution is -2.24. The smallest absolute Gasteiger partial charge is 0.413 e. The molecule has 14 heterocycles. The molecule has 1 aliphatic heterocycles. The molecule has 139 heavy (non-hydrogen) atoms. The number of hydrogen-bond donors (Lipinski definition) is 6. The van der Waals surface area contributed by atoms with Crippen molar-refractivity contribution in [1.82, 2.24) is 92.2 Å². The minimum atomic E-state index is -0.490. The zero-order valence-corrected chi connectivity index (χ0v) is 85.5. The van der Waals surface area contributed by atoms with Gasteiger partial charge in [-0.15, -0.1) is 0 Å². The average Bonchev–Trinajstić information content (AvgIpc) is 1.65. The Morgan fingerprint density at radius 2 is 0.777 bits per heavy atom. The number of carbonyl (C=O) groups is 6. The minimum Gasteiger partial charge on any atom is -0.449 e. The van der Waals surface area contributed by atoms with Crippen molar-refractivity contribution in [2.75, 3.05) is 45.1 Å². The number of pyridine rings is 7. The van der Waals surface area contributed by atoms with Gasteiger partial charge in [0.2, 0.25) is 65.2 Å². The van der Waals surface area contributed by atoms with Gasteiger partial charge in [-0.1, -0.05) is 172 Å². The van der Waals surface area contributed by atoms with Gasteiger partial charge in [0.05, 0.1) is 23.9 Å². The summed E-state index contributed by atoms with van der Waals surface area (Å²) in [6, 6.07) is 23.8. The van der Waals surface area contributed by atoms with Gasteiger partial charge in [-0.25, -0.2) is 78.5 Å². The van der Waals surface area contributed by atoms with E-state index in [1.165, 1.54) is 44.2 Å². The Labute approximate surface area is 837 Å². The third kappa shape index (κ3) is 27.7. The van der Waals surface area contributed by atoms with Crippen LogP contribution >= 0.6 is 69.6 Å². The first-order chi connectivity index (χ1) is 66.3. The van der Waals surface area contributed by atoms with Crippen LogP contribution in [-0.2, 0) is 33.4 Å². The van der Waals surface area contributed by atoms with Gasteiger partial charge in [0.25, 0.3) is 0 Å². The van der Waals surface area contributed by atoms with Gasteiger partial charge < -0.3 is 9.47 Å². The van der Waals surface area contributed by atoms with E-state index >= 15 is 0 Å². The Morgan fingerprint density at radius 3 is 1.14 bits per heavy atom. The highest BCUT2D eigenvalue weighted by Gasteiger charge is 2.34. The molecule has 0 bridgehead atoms. The van der Waals surface area contributed by atoms with Crippen LogP contribution in [-0.4, -0.2) is 147 Å². The summed E-state index contributed by atoms with van der Waals surface area (Å²) in [4.78, 5) is 131. The maximum absolute atomic E-state index is 13.2. The van der Waals surface area contributed by atoms with E-state index in [0.29, 0.717) is 153 Å². The average molecular weight is 2020 g/mol. The van der Waals surface area contributed by atoms with Gasteiger partial charge in [-0.3, -0.25) is 78.7 Å². The lowest BCUT2D eigenvalue weighted by molar-refractivity contribution is -0.118. The van der Waals surface area contributed by atoms with Crippen molar-refractivity contribution in [2.45, 2.75) is 293 Å². The molecule has 0 spiro atoms. The number of ether oxygens (including phenoxy) is 2. The van der Waals surface area contributed by atoms with E-state index in [1.54, 1.807) is 53.2 Å². The molecule has 5 saturated carbocycles. The summed E-state index contributed by atoms with van der Waals surface area (Å²) in [5.74, 6) is 3.55. The summed E-state index contributed by atoms with van der Waals surface area (Å²) >= 11 is 36.1. The van der Waals surface area contributed by atoms with Crippen molar-refractivity contribution >= 4 is 208 Å². The molecule has 5 aliphatic carbocycles. The zero-order chi connectivity index (χ0) is 99.3. The van der Waals surface area contributed by atoms with Gasteiger partial charge in [0.1, 0.15) is 70.5 Å². The first-order valence-electron chi connectivity index (χ1n) is 48.2. The van der Waals surface area contributed by atoms with Crippen molar-refractivity contribution in [2.24, 2.45) is 28.1 Å². The highest BCUT2D eigenvalue weighted by atomic mass is 35.5.